The molecule has 0 bridgehead atoms. The van der Waals surface area contributed by atoms with Crippen molar-refractivity contribution in [3.05, 3.63) is 54.6 Å². The number of Topliss-reactive ketones (excluding diaryl/α,β-unsaturated/α-hetero) is 1. The molecule has 0 amide bonds. The Hall–Kier alpha value is -2.14. The van der Waals surface area contributed by atoms with E-state index in [1.165, 1.54) is 11.8 Å². The normalized spacial score (nSPS) is 10.7. The Kier molecular flexibility index (Phi) is 3.29. The second kappa shape index (κ2) is 5.24. The van der Waals surface area contributed by atoms with E-state index in [0.717, 1.165) is 11.0 Å². The van der Waals surface area contributed by atoms with Crippen LogP contribution in [0, 0.1) is 0 Å². The lowest BCUT2D eigenvalue weighted by Crippen LogP contribution is -2.01. The topological polar surface area (TPSA) is 56.0 Å². The standard InChI is InChI=1S/C14H10N2O2S/c17-11(9-19-14-15-6-3-7-16-14)13-8-10-4-1-2-5-12(10)18-13/h1-8H,9H2. The summed E-state index contributed by atoms with van der Waals surface area (Å²) in [5.74, 6) is 0.586. The molecule has 4 nitrogen and oxygen atoms in total. The maximum atomic E-state index is 12.0. The van der Waals surface area contributed by atoms with E-state index < -0.39 is 0 Å². The fraction of sp³-hybridized carbons (Fsp3) is 0.0714. The first-order chi connectivity index (χ1) is 9.33. The van der Waals surface area contributed by atoms with Crippen molar-refractivity contribution in [1.82, 2.24) is 9.97 Å². The highest BCUT2D eigenvalue weighted by Gasteiger charge is 2.13. The van der Waals surface area contributed by atoms with Crippen molar-refractivity contribution in [2.24, 2.45) is 0 Å². The van der Waals surface area contributed by atoms with Gasteiger partial charge in [-0.25, -0.2) is 9.97 Å². The summed E-state index contributed by atoms with van der Waals surface area (Å²) in [6, 6.07) is 11.1. The number of thioether (sulfide) groups is 1. The van der Waals surface area contributed by atoms with Crippen molar-refractivity contribution < 1.29 is 9.21 Å². The van der Waals surface area contributed by atoms with Crippen molar-refractivity contribution in [2.75, 3.05) is 5.75 Å². The zero-order chi connectivity index (χ0) is 13.1. The van der Waals surface area contributed by atoms with Crippen LogP contribution in [0.25, 0.3) is 11.0 Å². The minimum Gasteiger partial charge on any atom is -0.453 e. The van der Waals surface area contributed by atoms with Gasteiger partial charge in [-0.2, -0.15) is 0 Å². The van der Waals surface area contributed by atoms with Crippen molar-refractivity contribution in [2.45, 2.75) is 5.16 Å². The summed E-state index contributed by atoms with van der Waals surface area (Å²) in [7, 11) is 0. The van der Waals surface area contributed by atoms with Crippen LogP contribution in [0.15, 0.2) is 58.4 Å². The highest BCUT2D eigenvalue weighted by molar-refractivity contribution is 7.99. The zero-order valence-electron chi connectivity index (χ0n) is 9.95. The van der Waals surface area contributed by atoms with Gasteiger partial charge in [0.15, 0.2) is 10.9 Å². The molecular formula is C14H10N2O2S. The summed E-state index contributed by atoms with van der Waals surface area (Å²) >= 11 is 1.30. The molecule has 19 heavy (non-hydrogen) atoms. The first-order valence-electron chi connectivity index (χ1n) is 5.74. The van der Waals surface area contributed by atoms with E-state index in [9.17, 15) is 4.79 Å². The Balaban J connectivity index is 1.73. The molecule has 0 aliphatic rings. The maximum absolute atomic E-state index is 12.0. The van der Waals surface area contributed by atoms with Gasteiger partial charge < -0.3 is 4.42 Å². The Morgan fingerprint density at radius 3 is 2.74 bits per heavy atom. The first-order valence-corrected chi connectivity index (χ1v) is 6.73. The third kappa shape index (κ3) is 2.66. The molecule has 0 saturated heterocycles. The minimum absolute atomic E-state index is 0.0614. The summed E-state index contributed by atoms with van der Waals surface area (Å²) in [4.78, 5) is 20.1. The average Bonchev–Trinajstić information content (AvgIpc) is 2.90. The predicted molar refractivity (Wildman–Crippen MR) is 73.3 cm³/mol. The minimum atomic E-state index is -0.0614. The molecule has 0 aliphatic carbocycles. The molecule has 5 heteroatoms. The molecule has 0 spiro atoms. The molecule has 0 unspecified atom stereocenters. The van der Waals surface area contributed by atoms with Gasteiger partial charge >= 0.3 is 0 Å². The lowest BCUT2D eigenvalue weighted by atomic mass is 10.2. The van der Waals surface area contributed by atoms with E-state index in [1.807, 2.05) is 24.3 Å². The Bertz CT molecular complexity index is 677. The SMILES string of the molecule is O=C(CSc1ncccn1)c1cc2ccccc2o1. The van der Waals surface area contributed by atoms with Gasteiger partial charge in [0.2, 0.25) is 5.78 Å². The number of ketones is 1. The lowest BCUT2D eigenvalue weighted by molar-refractivity contribution is 0.0994. The van der Waals surface area contributed by atoms with Gasteiger partial charge in [0.05, 0.1) is 5.75 Å². The van der Waals surface area contributed by atoms with Crippen LogP contribution in [0.1, 0.15) is 10.6 Å². The van der Waals surface area contributed by atoms with Crippen molar-refractivity contribution in [1.29, 1.82) is 0 Å². The van der Waals surface area contributed by atoms with Gasteiger partial charge in [-0.15, -0.1) is 0 Å². The Morgan fingerprint density at radius 2 is 1.95 bits per heavy atom. The Labute approximate surface area is 113 Å². The van der Waals surface area contributed by atoms with E-state index >= 15 is 0 Å². The molecule has 2 heterocycles. The van der Waals surface area contributed by atoms with Gasteiger partial charge in [0.1, 0.15) is 5.58 Å². The van der Waals surface area contributed by atoms with Crippen LogP contribution < -0.4 is 0 Å². The van der Waals surface area contributed by atoms with E-state index in [1.54, 1.807) is 24.5 Å². The number of hydrogen-bond donors (Lipinski definition) is 0. The number of carbonyl (C=O) groups is 1. The molecule has 3 rings (SSSR count). The molecule has 0 N–H and O–H groups in total. The maximum Gasteiger partial charge on any atom is 0.208 e. The molecule has 0 atom stereocenters. The fourth-order valence-corrected chi connectivity index (χ4v) is 2.35. The van der Waals surface area contributed by atoms with Gasteiger partial charge in [-0.1, -0.05) is 30.0 Å². The number of fused-ring (bicyclic) bond motifs is 1. The molecule has 1 aromatic carbocycles. The highest BCUT2D eigenvalue weighted by atomic mass is 32.2. The largest absolute Gasteiger partial charge is 0.453 e. The van der Waals surface area contributed by atoms with Crippen LogP contribution in [-0.4, -0.2) is 21.5 Å². The smallest absolute Gasteiger partial charge is 0.208 e. The van der Waals surface area contributed by atoms with Crippen LogP contribution in [0.3, 0.4) is 0 Å². The van der Waals surface area contributed by atoms with Gasteiger partial charge in [0.25, 0.3) is 0 Å². The molecule has 0 saturated carbocycles. The highest BCUT2D eigenvalue weighted by Crippen LogP contribution is 2.21. The van der Waals surface area contributed by atoms with E-state index in [4.69, 9.17) is 4.42 Å². The second-order valence-corrected chi connectivity index (χ2v) is 4.83. The van der Waals surface area contributed by atoms with Crippen LogP contribution in [0.5, 0.6) is 0 Å². The van der Waals surface area contributed by atoms with E-state index in [-0.39, 0.29) is 11.5 Å². The van der Waals surface area contributed by atoms with E-state index in [0.29, 0.717) is 10.9 Å². The van der Waals surface area contributed by atoms with Crippen molar-refractivity contribution in [3.8, 4) is 0 Å². The number of carbonyl (C=O) groups excluding carboxylic acids is 1. The first kappa shape index (κ1) is 11.9. The zero-order valence-corrected chi connectivity index (χ0v) is 10.8. The second-order valence-electron chi connectivity index (χ2n) is 3.89. The number of benzene rings is 1. The lowest BCUT2D eigenvalue weighted by Gasteiger charge is -1.96. The van der Waals surface area contributed by atoms with Crippen molar-refractivity contribution in [3.63, 3.8) is 0 Å². The summed E-state index contributed by atoms with van der Waals surface area (Å²) in [6.45, 7) is 0. The van der Waals surface area contributed by atoms with Crippen molar-refractivity contribution >= 4 is 28.5 Å². The van der Waals surface area contributed by atoms with Gasteiger partial charge in [0, 0.05) is 17.8 Å². The van der Waals surface area contributed by atoms with E-state index in [2.05, 4.69) is 9.97 Å². The Morgan fingerprint density at radius 1 is 1.16 bits per heavy atom. The monoisotopic (exact) mass is 270 g/mol. The van der Waals surface area contributed by atoms with Crippen LogP contribution in [0.4, 0.5) is 0 Å². The summed E-state index contributed by atoms with van der Waals surface area (Å²) in [6.07, 6.45) is 3.31. The molecule has 0 aliphatic heterocycles. The average molecular weight is 270 g/mol. The van der Waals surface area contributed by atoms with Crippen LogP contribution in [0.2, 0.25) is 0 Å². The number of furan rings is 1. The molecule has 0 radical (unpaired) electrons. The van der Waals surface area contributed by atoms with Crippen LogP contribution >= 0.6 is 11.8 Å². The van der Waals surface area contributed by atoms with Gasteiger partial charge in [-0.3, -0.25) is 4.79 Å². The molecular weight excluding hydrogens is 260 g/mol. The predicted octanol–water partition coefficient (Wildman–Crippen LogP) is 3.20. The molecule has 0 fully saturated rings. The van der Waals surface area contributed by atoms with Gasteiger partial charge in [-0.05, 0) is 18.2 Å². The third-order valence-corrected chi connectivity index (χ3v) is 3.45. The van der Waals surface area contributed by atoms with Crippen LogP contribution in [-0.2, 0) is 0 Å². The third-order valence-electron chi connectivity index (χ3n) is 2.57. The quantitative estimate of drug-likeness (QED) is 0.414. The summed E-state index contributed by atoms with van der Waals surface area (Å²) in [5.41, 5.74) is 0.729. The molecule has 2 aromatic heterocycles. The number of hydrogen-bond acceptors (Lipinski definition) is 5. The number of para-hydroxylation sites is 1. The fourth-order valence-electron chi connectivity index (χ4n) is 1.68. The summed E-state index contributed by atoms with van der Waals surface area (Å²) < 4.78 is 5.51. The molecule has 3 aromatic rings. The number of aromatic nitrogens is 2. The number of nitrogens with zero attached hydrogens (tertiary/aromatic N) is 2. The summed E-state index contributed by atoms with van der Waals surface area (Å²) in [5, 5.41) is 1.53. The molecule has 94 valence electrons. The number of rotatable bonds is 4.